The normalized spacial score (nSPS) is 24.6. The highest BCUT2D eigenvalue weighted by molar-refractivity contribution is 6.30. The Balaban J connectivity index is 2.28. The van der Waals surface area contributed by atoms with E-state index >= 15 is 0 Å². The molecule has 3 atom stereocenters. The Morgan fingerprint density at radius 2 is 1.95 bits per heavy atom. The molecule has 0 spiro atoms. The molecule has 2 heteroatoms. The smallest absolute Gasteiger partial charge is 0.0411 e. The molecule has 1 N–H and O–H groups in total. The van der Waals surface area contributed by atoms with Crippen molar-refractivity contribution in [2.24, 2.45) is 11.8 Å². The third-order valence-electron chi connectivity index (χ3n) is 4.77. The van der Waals surface area contributed by atoms with E-state index < -0.39 is 0 Å². The maximum absolute atomic E-state index is 6.28. The summed E-state index contributed by atoms with van der Waals surface area (Å²) in [6.07, 6.45) is 6.82. The number of hydrogen-bond acceptors (Lipinski definition) is 1. The van der Waals surface area contributed by atoms with E-state index in [1.165, 1.54) is 43.2 Å². The highest BCUT2D eigenvalue weighted by Crippen LogP contribution is 2.40. The van der Waals surface area contributed by atoms with E-state index in [1.54, 1.807) is 0 Å². The van der Waals surface area contributed by atoms with Crippen molar-refractivity contribution in [2.75, 3.05) is 6.54 Å². The fourth-order valence-corrected chi connectivity index (χ4v) is 4.16. The van der Waals surface area contributed by atoms with Gasteiger partial charge in [-0.15, -0.1) is 0 Å². The average molecular weight is 294 g/mol. The van der Waals surface area contributed by atoms with Crippen LogP contribution < -0.4 is 5.32 Å². The van der Waals surface area contributed by atoms with Gasteiger partial charge in [-0.3, -0.25) is 0 Å². The fraction of sp³-hybridized carbons (Fsp3) is 0.667. The molecule has 0 heterocycles. The third-order valence-corrected chi connectivity index (χ3v) is 4.99. The largest absolute Gasteiger partial charge is 0.310 e. The summed E-state index contributed by atoms with van der Waals surface area (Å²) in [4.78, 5) is 0. The van der Waals surface area contributed by atoms with Gasteiger partial charge in [0.05, 0.1) is 0 Å². The second kappa shape index (κ2) is 7.47. The van der Waals surface area contributed by atoms with Gasteiger partial charge in [0.1, 0.15) is 0 Å². The molecule has 0 amide bonds. The van der Waals surface area contributed by atoms with Crippen LogP contribution in [-0.2, 0) is 0 Å². The molecule has 112 valence electrons. The lowest BCUT2D eigenvalue weighted by Gasteiger charge is -2.37. The van der Waals surface area contributed by atoms with Crippen molar-refractivity contribution in [1.29, 1.82) is 0 Å². The molecule has 1 nitrogen and oxygen atoms in total. The van der Waals surface area contributed by atoms with Gasteiger partial charge in [0.15, 0.2) is 0 Å². The van der Waals surface area contributed by atoms with Crippen LogP contribution in [0.25, 0.3) is 0 Å². The van der Waals surface area contributed by atoms with Crippen LogP contribution >= 0.6 is 11.6 Å². The molecule has 20 heavy (non-hydrogen) atoms. The lowest BCUT2D eigenvalue weighted by molar-refractivity contribution is 0.176. The van der Waals surface area contributed by atoms with Gasteiger partial charge < -0.3 is 5.32 Å². The first-order chi connectivity index (χ1) is 9.65. The van der Waals surface area contributed by atoms with Crippen LogP contribution in [0.4, 0.5) is 0 Å². The van der Waals surface area contributed by atoms with E-state index in [9.17, 15) is 0 Å². The molecule has 1 aliphatic carbocycles. The SMILES string of the molecule is CCNC(c1cc(C)cc(Cl)c1)C1CCCCC1CC. The highest BCUT2D eigenvalue weighted by atomic mass is 35.5. The molecule has 1 fully saturated rings. The number of benzene rings is 1. The van der Waals surface area contributed by atoms with Crippen LogP contribution in [0, 0.1) is 18.8 Å². The van der Waals surface area contributed by atoms with E-state index in [2.05, 4.69) is 38.2 Å². The van der Waals surface area contributed by atoms with Crippen molar-refractivity contribution in [3.8, 4) is 0 Å². The molecule has 1 saturated carbocycles. The lowest BCUT2D eigenvalue weighted by Crippen LogP contribution is -2.34. The Morgan fingerprint density at radius 3 is 2.60 bits per heavy atom. The van der Waals surface area contributed by atoms with Crippen molar-refractivity contribution in [3.63, 3.8) is 0 Å². The van der Waals surface area contributed by atoms with Gasteiger partial charge in [0, 0.05) is 11.1 Å². The summed E-state index contributed by atoms with van der Waals surface area (Å²) in [5, 5.41) is 4.60. The quantitative estimate of drug-likeness (QED) is 0.754. The summed E-state index contributed by atoms with van der Waals surface area (Å²) in [7, 11) is 0. The summed E-state index contributed by atoms with van der Waals surface area (Å²) in [5.74, 6) is 1.61. The van der Waals surface area contributed by atoms with Crippen LogP contribution in [-0.4, -0.2) is 6.54 Å². The van der Waals surface area contributed by atoms with Crippen LogP contribution in [0.3, 0.4) is 0 Å². The molecule has 0 aromatic heterocycles. The molecule has 1 aromatic carbocycles. The second-order valence-corrected chi connectivity index (χ2v) is 6.65. The van der Waals surface area contributed by atoms with E-state index in [-0.39, 0.29) is 0 Å². The lowest BCUT2D eigenvalue weighted by atomic mass is 9.72. The molecular formula is C18H28ClN. The second-order valence-electron chi connectivity index (χ2n) is 6.21. The summed E-state index contributed by atoms with van der Waals surface area (Å²) in [5.41, 5.74) is 2.64. The minimum absolute atomic E-state index is 0.461. The Hall–Kier alpha value is -0.530. The first-order valence-corrected chi connectivity index (χ1v) is 8.54. The predicted octanol–water partition coefficient (Wildman–Crippen LogP) is 5.52. The number of nitrogens with one attached hydrogen (secondary N) is 1. The first kappa shape index (κ1) is 15.9. The van der Waals surface area contributed by atoms with Crippen LogP contribution in [0.5, 0.6) is 0 Å². The number of halogens is 1. The summed E-state index contributed by atoms with van der Waals surface area (Å²) in [6.45, 7) is 7.70. The molecule has 0 radical (unpaired) electrons. The van der Waals surface area contributed by atoms with E-state index in [4.69, 9.17) is 11.6 Å². The molecule has 0 saturated heterocycles. The Labute approximate surface area is 129 Å². The van der Waals surface area contributed by atoms with Gasteiger partial charge in [-0.05, 0) is 55.0 Å². The predicted molar refractivity (Wildman–Crippen MR) is 88.3 cm³/mol. The highest BCUT2D eigenvalue weighted by Gasteiger charge is 2.31. The Morgan fingerprint density at radius 1 is 1.20 bits per heavy atom. The van der Waals surface area contributed by atoms with Gasteiger partial charge in [0.2, 0.25) is 0 Å². The van der Waals surface area contributed by atoms with Crippen LogP contribution in [0.2, 0.25) is 5.02 Å². The third kappa shape index (κ3) is 3.77. The zero-order valence-corrected chi connectivity index (χ0v) is 13.8. The van der Waals surface area contributed by atoms with Crippen molar-refractivity contribution in [2.45, 2.75) is 58.9 Å². The Kier molecular flexibility index (Phi) is 5.92. The maximum atomic E-state index is 6.28. The first-order valence-electron chi connectivity index (χ1n) is 8.16. The van der Waals surface area contributed by atoms with Gasteiger partial charge >= 0.3 is 0 Å². The van der Waals surface area contributed by atoms with Crippen molar-refractivity contribution in [3.05, 3.63) is 34.3 Å². The standard InChI is InChI=1S/C18H28ClN/c1-4-14-8-6-7-9-17(14)18(20-5-2)15-10-13(3)11-16(19)12-15/h10-12,14,17-18,20H,4-9H2,1-3H3. The molecular weight excluding hydrogens is 266 g/mol. The molecule has 0 bridgehead atoms. The van der Waals surface area contributed by atoms with Gasteiger partial charge in [-0.2, -0.15) is 0 Å². The number of hydrogen-bond donors (Lipinski definition) is 1. The van der Waals surface area contributed by atoms with E-state index in [0.717, 1.165) is 23.4 Å². The zero-order chi connectivity index (χ0) is 14.5. The monoisotopic (exact) mass is 293 g/mol. The summed E-state index contributed by atoms with van der Waals surface area (Å²) < 4.78 is 0. The van der Waals surface area contributed by atoms with E-state index in [1.807, 2.05) is 6.07 Å². The number of rotatable bonds is 5. The van der Waals surface area contributed by atoms with Crippen molar-refractivity contribution < 1.29 is 0 Å². The fourth-order valence-electron chi connectivity index (χ4n) is 3.86. The summed E-state index contributed by atoms with van der Waals surface area (Å²) in [6, 6.07) is 6.97. The topological polar surface area (TPSA) is 12.0 Å². The molecule has 1 aromatic rings. The maximum Gasteiger partial charge on any atom is 0.0411 e. The van der Waals surface area contributed by atoms with Gasteiger partial charge in [-0.25, -0.2) is 0 Å². The van der Waals surface area contributed by atoms with Crippen LogP contribution in [0.1, 0.15) is 63.1 Å². The van der Waals surface area contributed by atoms with Gasteiger partial charge in [-0.1, -0.05) is 57.2 Å². The minimum Gasteiger partial charge on any atom is -0.310 e. The van der Waals surface area contributed by atoms with Crippen molar-refractivity contribution >= 4 is 11.6 Å². The van der Waals surface area contributed by atoms with Gasteiger partial charge in [0.25, 0.3) is 0 Å². The summed E-state index contributed by atoms with van der Waals surface area (Å²) >= 11 is 6.28. The minimum atomic E-state index is 0.461. The molecule has 0 aliphatic heterocycles. The zero-order valence-electron chi connectivity index (χ0n) is 13.1. The average Bonchev–Trinajstić information content (AvgIpc) is 2.43. The molecule has 1 aliphatic rings. The van der Waals surface area contributed by atoms with E-state index in [0.29, 0.717) is 6.04 Å². The molecule has 3 unspecified atom stereocenters. The molecule has 2 rings (SSSR count). The number of aryl methyl sites for hydroxylation is 1. The Bertz CT molecular complexity index is 409. The van der Waals surface area contributed by atoms with Crippen LogP contribution in [0.15, 0.2) is 18.2 Å². The van der Waals surface area contributed by atoms with Crippen molar-refractivity contribution in [1.82, 2.24) is 5.32 Å².